The van der Waals surface area contributed by atoms with Gasteiger partial charge in [-0.05, 0) is 20.8 Å². The van der Waals surface area contributed by atoms with Gasteiger partial charge in [0.05, 0.1) is 11.3 Å². The molecule has 1 rings (SSSR count). The first-order chi connectivity index (χ1) is 7.40. The second kappa shape index (κ2) is 4.42. The number of rotatable bonds is 3. The zero-order chi connectivity index (χ0) is 12.5. The molecule has 0 fully saturated rings. The lowest BCUT2D eigenvalue weighted by Crippen LogP contribution is -2.30. The summed E-state index contributed by atoms with van der Waals surface area (Å²) in [5.41, 5.74) is 7.10. The number of oxime groups is 1. The van der Waals surface area contributed by atoms with Crippen molar-refractivity contribution in [2.24, 2.45) is 17.9 Å². The van der Waals surface area contributed by atoms with Gasteiger partial charge in [0.15, 0.2) is 5.84 Å². The Kier molecular flexibility index (Phi) is 3.41. The summed E-state index contributed by atoms with van der Waals surface area (Å²) in [6, 6.07) is 0.306. The number of nitrogens with two attached hydrogens (primary N) is 1. The number of hydrogen-bond acceptors (Lipinski definition) is 4. The van der Waals surface area contributed by atoms with Gasteiger partial charge in [-0.15, -0.1) is 0 Å². The van der Waals surface area contributed by atoms with Crippen molar-refractivity contribution in [3.63, 3.8) is 0 Å². The van der Waals surface area contributed by atoms with Gasteiger partial charge >= 0.3 is 0 Å². The summed E-state index contributed by atoms with van der Waals surface area (Å²) >= 11 is 0. The molecular formula is C10H19N5O. The fraction of sp³-hybridized carbons (Fsp3) is 0.600. The maximum Gasteiger partial charge on any atom is 0.175 e. The standard InChI is InChI=1S/C10H19N5O/c1-6(2)14(4)10-8(9(11)13-16)7(3)12-15(10)5/h6,16H,1-5H3,(H2,11,13). The van der Waals surface area contributed by atoms with Gasteiger partial charge in [-0.25, -0.2) is 0 Å². The first kappa shape index (κ1) is 12.4. The molecule has 0 aliphatic rings. The summed E-state index contributed by atoms with van der Waals surface area (Å²) in [4.78, 5) is 2.04. The molecule has 3 N–H and O–H groups in total. The molecule has 0 bridgehead atoms. The Hall–Kier alpha value is -1.72. The molecule has 1 aromatic heterocycles. The van der Waals surface area contributed by atoms with E-state index in [1.54, 1.807) is 4.68 Å². The Balaban J connectivity index is 3.37. The Labute approximate surface area is 95.3 Å². The summed E-state index contributed by atoms with van der Waals surface area (Å²) in [7, 11) is 3.80. The molecule has 0 aliphatic carbocycles. The van der Waals surface area contributed by atoms with Crippen molar-refractivity contribution in [3.05, 3.63) is 11.3 Å². The molecule has 0 spiro atoms. The molecule has 0 aliphatic heterocycles. The highest BCUT2D eigenvalue weighted by Crippen LogP contribution is 2.23. The largest absolute Gasteiger partial charge is 0.409 e. The van der Waals surface area contributed by atoms with Crippen LogP contribution in [0.1, 0.15) is 25.1 Å². The molecule has 0 aromatic carbocycles. The number of anilines is 1. The van der Waals surface area contributed by atoms with Crippen molar-refractivity contribution in [1.29, 1.82) is 0 Å². The molecule has 0 unspecified atom stereocenters. The number of amidine groups is 1. The summed E-state index contributed by atoms with van der Waals surface area (Å²) in [5, 5.41) is 16.1. The van der Waals surface area contributed by atoms with Gasteiger partial charge in [-0.3, -0.25) is 4.68 Å². The first-order valence-corrected chi connectivity index (χ1v) is 5.14. The lowest BCUT2D eigenvalue weighted by molar-refractivity contribution is 0.318. The zero-order valence-corrected chi connectivity index (χ0v) is 10.4. The third-order valence-corrected chi connectivity index (χ3v) is 2.66. The molecule has 16 heavy (non-hydrogen) atoms. The maximum absolute atomic E-state index is 8.77. The second-order valence-corrected chi connectivity index (χ2v) is 4.10. The summed E-state index contributed by atoms with van der Waals surface area (Å²) in [5.74, 6) is 0.941. The number of aromatic nitrogens is 2. The van der Waals surface area contributed by atoms with Gasteiger partial charge in [0, 0.05) is 20.1 Å². The van der Waals surface area contributed by atoms with Crippen molar-refractivity contribution >= 4 is 11.7 Å². The van der Waals surface area contributed by atoms with Crippen LogP contribution in [0, 0.1) is 6.92 Å². The second-order valence-electron chi connectivity index (χ2n) is 4.10. The highest BCUT2D eigenvalue weighted by Gasteiger charge is 2.21. The lowest BCUT2D eigenvalue weighted by Gasteiger charge is -2.24. The van der Waals surface area contributed by atoms with Gasteiger partial charge in [-0.2, -0.15) is 5.10 Å². The van der Waals surface area contributed by atoms with Crippen LogP contribution < -0.4 is 10.6 Å². The SMILES string of the molecule is Cc1nn(C)c(N(C)C(C)C)c1C(N)=NO. The molecule has 0 radical (unpaired) electrons. The average Bonchev–Trinajstić information content (AvgIpc) is 2.51. The maximum atomic E-state index is 8.77. The fourth-order valence-corrected chi connectivity index (χ4v) is 1.65. The molecule has 6 heteroatoms. The molecule has 0 saturated heterocycles. The van der Waals surface area contributed by atoms with Crippen LogP contribution in [0.3, 0.4) is 0 Å². The van der Waals surface area contributed by atoms with E-state index < -0.39 is 0 Å². The Bertz CT molecular complexity index is 408. The minimum atomic E-state index is 0.0908. The minimum Gasteiger partial charge on any atom is -0.409 e. The van der Waals surface area contributed by atoms with Gasteiger partial charge in [0.25, 0.3) is 0 Å². The topological polar surface area (TPSA) is 79.7 Å². The first-order valence-electron chi connectivity index (χ1n) is 5.14. The molecular weight excluding hydrogens is 206 g/mol. The molecule has 0 amide bonds. The van der Waals surface area contributed by atoms with Crippen LogP contribution >= 0.6 is 0 Å². The van der Waals surface area contributed by atoms with Crippen molar-refractivity contribution in [2.45, 2.75) is 26.8 Å². The Morgan fingerprint density at radius 3 is 2.56 bits per heavy atom. The van der Waals surface area contributed by atoms with Crippen molar-refractivity contribution in [2.75, 3.05) is 11.9 Å². The van der Waals surface area contributed by atoms with E-state index >= 15 is 0 Å². The van der Waals surface area contributed by atoms with Crippen molar-refractivity contribution in [3.8, 4) is 0 Å². The molecule has 0 saturated carbocycles. The lowest BCUT2D eigenvalue weighted by atomic mass is 10.2. The molecule has 6 nitrogen and oxygen atoms in total. The Morgan fingerprint density at radius 1 is 1.56 bits per heavy atom. The predicted octanol–water partition coefficient (Wildman–Crippen LogP) is 0.668. The summed E-state index contributed by atoms with van der Waals surface area (Å²) in [6.07, 6.45) is 0. The minimum absolute atomic E-state index is 0.0908. The van der Waals surface area contributed by atoms with Crippen LogP contribution in [0.4, 0.5) is 5.82 Å². The van der Waals surface area contributed by atoms with Gasteiger partial charge in [-0.1, -0.05) is 5.16 Å². The van der Waals surface area contributed by atoms with E-state index in [9.17, 15) is 0 Å². The van der Waals surface area contributed by atoms with Crippen LogP contribution in [0.2, 0.25) is 0 Å². The van der Waals surface area contributed by atoms with Gasteiger partial charge < -0.3 is 15.8 Å². The number of aryl methyl sites for hydroxylation is 2. The highest BCUT2D eigenvalue weighted by atomic mass is 16.4. The van der Waals surface area contributed by atoms with E-state index in [2.05, 4.69) is 24.1 Å². The third kappa shape index (κ3) is 1.95. The summed E-state index contributed by atoms with van der Waals surface area (Å²) < 4.78 is 1.74. The summed E-state index contributed by atoms with van der Waals surface area (Å²) in [6.45, 7) is 5.97. The van der Waals surface area contributed by atoms with Crippen LogP contribution in [0.25, 0.3) is 0 Å². The number of nitrogens with zero attached hydrogens (tertiary/aromatic N) is 4. The average molecular weight is 225 g/mol. The zero-order valence-electron chi connectivity index (χ0n) is 10.4. The normalized spacial score (nSPS) is 12.2. The van der Waals surface area contributed by atoms with E-state index in [4.69, 9.17) is 10.9 Å². The molecule has 1 aromatic rings. The Morgan fingerprint density at radius 2 is 2.12 bits per heavy atom. The monoisotopic (exact) mass is 225 g/mol. The molecule has 90 valence electrons. The van der Waals surface area contributed by atoms with Gasteiger partial charge in [0.2, 0.25) is 0 Å². The highest BCUT2D eigenvalue weighted by molar-refractivity contribution is 6.02. The van der Waals surface area contributed by atoms with Gasteiger partial charge in [0.1, 0.15) is 5.82 Å². The van der Waals surface area contributed by atoms with Crippen LogP contribution in [-0.4, -0.2) is 33.9 Å². The van der Waals surface area contributed by atoms with E-state index in [1.165, 1.54) is 0 Å². The van der Waals surface area contributed by atoms with E-state index in [-0.39, 0.29) is 5.84 Å². The van der Waals surface area contributed by atoms with Crippen molar-refractivity contribution < 1.29 is 5.21 Å². The van der Waals surface area contributed by atoms with Crippen LogP contribution in [-0.2, 0) is 7.05 Å². The predicted molar refractivity (Wildman–Crippen MR) is 64.0 cm³/mol. The van der Waals surface area contributed by atoms with Crippen LogP contribution in [0.15, 0.2) is 5.16 Å². The smallest absolute Gasteiger partial charge is 0.175 e. The third-order valence-electron chi connectivity index (χ3n) is 2.66. The van der Waals surface area contributed by atoms with E-state index in [0.717, 1.165) is 11.5 Å². The fourth-order valence-electron chi connectivity index (χ4n) is 1.65. The van der Waals surface area contributed by atoms with Crippen LogP contribution in [0.5, 0.6) is 0 Å². The molecule has 0 atom stereocenters. The number of hydrogen-bond donors (Lipinski definition) is 2. The van der Waals surface area contributed by atoms with Crippen molar-refractivity contribution in [1.82, 2.24) is 9.78 Å². The quantitative estimate of drug-likeness (QED) is 0.343. The molecule has 1 heterocycles. The van der Waals surface area contributed by atoms with E-state index in [0.29, 0.717) is 11.6 Å². The van der Waals surface area contributed by atoms with E-state index in [1.807, 2.05) is 25.9 Å².